The second kappa shape index (κ2) is 6.83. The number of thiophene rings is 1. The number of ether oxygens (including phenoxy) is 1. The van der Waals surface area contributed by atoms with Crippen LogP contribution in [-0.2, 0) is 24.1 Å². The summed E-state index contributed by atoms with van der Waals surface area (Å²) in [4.78, 5) is 20.2. The van der Waals surface area contributed by atoms with E-state index in [1.165, 1.54) is 22.2 Å². The monoisotopic (exact) mass is 382 g/mol. The van der Waals surface area contributed by atoms with Gasteiger partial charge in [0.2, 0.25) is 0 Å². The summed E-state index contributed by atoms with van der Waals surface area (Å²) in [6, 6.07) is 0. The Morgan fingerprint density at radius 2 is 2.33 bits per heavy atom. The van der Waals surface area contributed by atoms with Crippen LogP contribution in [0.25, 0.3) is 10.2 Å². The number of hydrogen-bond acceptors (Lipinski definition) is 5. The van der Waals surface area contributed by atoms with E-state index in [1.54, 1.807) is 15.9 Å². The first-order chi connectivity index (χ1) is 11.6. The SMILES string of the molecule is C=C(Cl)CSc1nc2sc3c(c2c(=O)n1C[C@@H]1CCCO1)CCC3. The van der Waals surface area contributed by atoms with Crippen LogP contribution < -0.4 is 5.56 Å². The normalized spacial score (nSPS) is 20.0. The van der Waals surface area contributed by atoms with Crippen LogP contribution in [-0.4, -0.2) is 28.0 Å². The molecule has 3 heterocycles. The van der Waals surface area contributed by atoms with E-state index in [1.807, 2.05) is 0 Å². The number of nitrogens with zero attached hydrogens (tertiary/aromatic N) is 2. The van der Waals surface area contributed by atoms with Gasteiger partial charge in [-0.15, -0.1) is 11.3 Å². The van der Waals surface area contributed by atoms with Gasteiger partial charge >= 0.3 is 0 Å². The Hall–Kier alpha value is -0.820. The molecule has 2 aliphatic rings. The van der Waals surface area contributed by atoms with Crippen LogP contribution in [0.5, 0.6) is 0 Å². The molecule has 2 aromatic heterocycles. The highest BCUT2D eigenvalue weighted by molar-refractivity contribution is 7.99. The molecule has 0 N–H and O–H groups in total. The van der Waals surface area contributed by atoms with Gasteiger partial charge in [-0.05, 0) is 37.7 Å². The van der Waals surface area contributed by atoms with Crippen molar-refractivity contribution in [3.63, 3.8) is 0 Å². The molecule has 24 heavy (non-hydrogen) atoms. The van der Waals surface area contributed by atoms with Gasteiger partial charge in [-0.25, -0.2) is 4.98 Å². The van der Waals surface area contributed by atoms with Gasteiger partial charge < -0.3 is 4.74 Å². The smallest absolute Gasteiger partial charge is 0.263 e. The summed E-state index contributed by atoms with van der Waals surface area (Å²) in [7, 11) is 0. The maximum absolute atomic E-state index is 13.2. The minimum absolute atomic E-state index is 0.0811. The lowest BCUT2D eigenvalue weighted by atomic mass is 10.2. The number of halogens is 1. The molecule has 1 atom stereocenters. The average Bonchev–Trinajstić information content (AvgIpc) is 3.24. The van der Waals surface area contributed by atoms with Gasteiger partial charge in [-0.2, -0.15) is 0 Å². The number of fused-ring (bicyclic) bond motifs is 3. The summed E-state index contributed by atoms with van der Waals surface area (Å²) in [6.07, 6.45) is 5.37. The second-order valence-electron chi connectivity index (χ2n) is 6.29. The van der Waals surface area contributed by atoms with E-state index in [-0.39, 0.29) is 11.7 Å². The zero-order chi connectivity index (χ0) is 16.7. The highest BCUT2D eigenvalue weighted by Gasteiger charge is 2.25. The lowest BCUT2D eigenvalue weighted by Crippen LogP contribution is -2.29. The first kappa shape index (κ1) is 16.6. The van der Waals surface area contributed by atoms with Crippen molar-refractivity contribution in [1.82, 2.24) is 9.55 Å². The predicted molar refractivity (Wildman–Crippen MR) is 101 cm³/mol. The van der Waals surface area contributed by atoms with E-state index >= 15 is 0 Å². The van der Waals surface area contributed by atoms with Crippen molar-refractivity contribution in [2.24, 2.45) is 0 Å². The molecular formula is C17H19ClN2O2S2. The second-order valence-corrected chi connectivity index (χ2v) is 8.85. The molecular weight excluding hydrogens is 364 g/mol. The van der Waals surface area contributed by atoms with Crippen LogP contribution >= 0.6 is 34.7 Å². The Balaban J connectivity index is 1.81. The molecule has 0 spiro atoms. The van der Waals surface area contributed by atoms with Crippen molar-refractivity contribution < 1.29 is 4.74 Å². The highest BCUT2D eigenvalue weighted by atomic mass is 35.5. The van der Waals surface area contributed by atoms with Gasteiger partial charge in [0, 0.05) is 22.3 Å². The fourth-order valence-corrected chi connectivity index (χ4v) is 5.69. The largest absolute Gasteiger partial charge is 0.376 e. The van der Waals surface area contributed by atoms with Crippen LogP contribution in [0.1, 0.15) is 29.7 Å². The van der Waals surface area contributed by atoms with Crippen molar-refractivity contribution >= 4 is 44.9 Å². The molecule has 1 aliphatic heterocycles. The fraction of sp³-hybridized carbons (Fsp3) is 0.529. The topological polar surface area (TPSA) is 44.1 Å². The maximum Gasteiger partial charge on any atom is 0.263 e. The molecule has 0 radical (unpaired) electrons. The van der Waals surface area contributed by atoms with Gasteiger partial charge in [-0.3, -0.25) is 9.36 Å². The molecule has 0 saturated carbocycles. The van der Waals surface area contributed by atoms with Crippen molar-refractivity contribution in [3.05, 3.63) is 32.4 Å². The number of rotatable bonds is 5. The third-order valence-corrected chi connectivity index (χ3v) is 7.10. The Morgan fingerprint density at radius 1 is 1.46 bits per heavy atom. The van der Waals surface area contributed by atoms with Crippen molar-refractivity contribution in [2.45, 2.75) is 49.9 Å². The Labute approximate surface area is 153 Å². The lowest BCUT2D eigenvalue weighted by Gasteiger charge is -2.15. The summed E-state index contributed by atoms with van der Waals surface area (Å²) < 4.78 is 7.54. The maximum atomic E-state index is 13.2. The molecule has 1 saturated heterocycles. The summed E-state index contributed by atoms with van der Waals surface area (Å²) in [5.74, 6) is 0.552. The van der Waals surface area contributed by atoms with E-state index in [4.69, 9.17) is 21.3 Å². The van der Waals surface area contributed by atoms with Gasteiger partial charge in [0.25, 0.3) is 5.56 Å². The first-order valence-electron chi connectivity index (χ1n) is 8.26. The fourth-order valence-electron chi connectivity index (χ4n) is 3.46. The van der Waals surface area contributed by atoms with Crippen molar-refractivity contribution in [1.29, 1.82) is 0 Å². The summed E-state index contributed by atoms with van der Waals surface area (Å²) >= 11 is 9.07. The molecule has 1 aliphatic carbocycles. The van der Waals surface area contributed by atoms with Crippen LogP contribution in [0.3, 0.4) is 0 Å². The van der Waals surface area contributed by atoms with E-state index < -0.39 is 0 Å². The predicted octanol–water partition coefficient (Wildman–Crippen LogP) is 3.97. The van der Waals surface area contributed by atoms with E-state index in [0.29, 0.717) is 17.3 Å². The summed E-state index contributed by atoms with van der Waals surface area (Å²) in [5.41, 5.74) is 1.31. The Kier molecular flexibility index (Phi) is 4.73. The molecule has 7 heteroatoms. The molecule has 1 fully saturated rings. The summed E-state index contributed by atoms with van der Waals surface area (Å²) in [5, 5.41) is 2.12. The third kappa shape index (κ3) is 3.05. The molecule has 128 valence electrons. The van der Waals surface area contributed by atoms with Crippen molar-refractivity contribution in [2.75, 3.05) is 12.4 Å². The number of aryl methyl sites for hydroxylation is 2. The first-order valence-corrected chi connectivity index (χ1v) is 10.4. The van der Waals surface area contributed by atoms with E-state index in [2.05, 4.69) is 6.58 Å². The molecule has 4 rings (SSSR count). The standard InChI is InChI=1S/C17H19ClN2O2S2/c1-10(18)9-23-17-19-15-14(12-5-2-6-13(12)24-15)16(21)20(17)8-11-4-3-7-22-11/h11H,1-9H2/t11-/m0/s1. The quantitative estimate of drug-likeness (QED) is 0.579. The average molecular weight is 383 g/mol. The van der Waals surface area contributed by atoms with Gasteiger partial charge in [0.1, 0.15) is 4.83 Å². The molecule has 0 bridgehead atoms. The summed E-state index contributed by atoms with van der Waals surface area (Å²) in [6.45, 7) is 5.09. The van der Waals surface area contributed by atoms with Crippen LogP contribution in [0.4, 0.5) is 0 Å². The molecule has 0 amide bonds. The lowest BCUT2D eigenvalue weighted by molar-refractivity contribution is 0.0937. The Bertz CT molecular complexity index is 852. The van der Waals surface area contributed by atoms with Crippen molar-refractivity contribution in [3.8, 4) is 0 Å². The minimum Gasteiger partial charge on any atom is -0.376 e. The molecule has 2 aromatic rings. The molecule has 4 nitrogen and oxygen atoms in total. The Morgan fingerprint density at radius 3 is 3.08 bits per heavy atom. The molecule has 0 unspecified atom stereocenters. The highest BCUT2D eigenvalue weighted by Crippen LogP contribution is 2.36. The number of thioether (sulfide) groups is 1. The number of aromatic nitrogens is 2. The third-order valence-electron chi connectivity index (χ3n) is 4.56. The molecule has 0 aromatic carbocycles. The van der Waals surface area contributed by atoms with Crippen LogP contribution in [0.15, 0.2) is 21.6 Å². The number of hydrogen-bond donors (Lipinski definition) is 0. The zero-order valence-electron chi connectivity index (χ0n) is 13.3. The van der Waals surface area contributed by atoms with E-state index in [9.17, 15) is 4.79 Å². The van der Waals surface area contributed by atoms with Gasteiger partial charge in [-0.1, -0.05) is 29.9 Å². The van der Waals surface area contributed by atoms with Crippen LogP contribution in [0.2, 0.25) is 0 Å². The van der Waals surface area contributed by atoms with E-state index in [0.717, 1.165) is 54.1 Å². The zero-order valence-corrected chi connectivity index (χ0v) is 15.7. The minimum atomic E-state index is 0.0811. The van der Waals surface area contributed by atoms with Crippen LogP contribution in [0, 0.1) is 0 Å². The van der Waals surface area contributed by atoms with Gasteiger partial charge in [0.05, 0.1) is 18.0 Å². The van der Waals surface area contributed by atoms with Gasteiger partial charge in [0.15, 0.2) is 5.16 Å².